The van der Waals surface area contributed by atoms with Crippen LogP contribution in [0.25, 0.3) is 6.08 Å². The first-order chi connectivity index (χ1) is 11.9. The zero-order chi connectivity index (χ0) is 18.4. The normalized spacial score (nSPS) is 10.6. The summed E-state index contributed by atoms with van der Waals surface area (Å²) in [6, 6.07) is 10.1. The van der Waals surface area contributed by atoms with E-state index in [1.165, 1.54) is 13.2 Å². The van der Waals surface area contributed by atoms with Crippen LogP contribution in [0.15, 0.2) is 42.5 Å². The number of hydrogen-bond acceptors (Lipinski definition) is 4. The van der Waals surface area contributed by atoms with E-state index < -0.39 is 5.97 Å². The minimum atomic E-state index is -0.463. The highest BCUT2D eigenvalue weighted by molar-refractivity contribution is 6.30. The van der Waals surface area contributed by atoms with Crippen molar-refractivity contribution in [2.24, 2.45) is 0 Å². The first-order valence-corrected chi connectivity index (χ1v) is 7.84. The van der Waals surface area contributed by atoms with Gasteiger partial charge >= 0.3 is 5.97 Å². The highest BCUT2D eigenvalue weighted by atomic mass is 35.5. The number of carbonyl (C=O) groups is 2. The molecule has 2 rings (SSSR count). The van der Waals surface area contributed by atoms with Crippen molar-refractivity contribution < 1.29 is 19.1 Å². The van der Waals surface area contributed by atoms with Crippen molar-refractivity contribution in [1.82, 2.24) is 0 Å². The average Bonchev–Trinajstić information content (AvgIpc) is 2.61. The van der Waals surface area contributed by atoms with Crippen molar-refractivity contribution in [2.45, 2.75) is 6.92 Å². The molecule has 0 aliphatic carbocycles. The molecule has 0 aliphatic heterocycles. The number of methoxy groups -OCH3 is 2. The number of carbonyl (C=O) groups excluding carboxylic acids is 2. The van der Waals surface area contributed by atoms with E-state index >= 15 is 0 Å². The molecule has 0 unspecified atom stereocenters. The average molecular weight is 360 g/mol. The molecule has 25 heavy (non-hydrogen) atoms. The van der Waals surface area contributed by atoms with Crippen molar-refractivity contribution >= 4 is 35.2 Å². The third-order valence-corrected chi connectivity index (χ3v) is 3.76. The number of nitrogens with one attached hydrogen (secondary N) is 1. The Bertz CT molecular complexity index is 830. The summed E-state index contributed by atoms with van der Waals surface area (Å²) in [5.41, 5.74) is 2.42. The Labute approximate surface area is 151 Å². The van der Waals surface area contributed by atoms with Gasteiger partial charge in [-0.25, -0.2) is 4.79 Å². The SMILES string of the molecule is COC(=O)c1ccc(C)c(NC(=O)/C=C/c2cc(Cl)ccc2OC)c1. The van der Waals surface area contributed by atoms with Gasteiger partial charge in [-0.15, -0.1) is 0 Å². The van der Waals surface area contributed by atoms with Crippen molar-refractivity contribution in [2.75, 3.05) is 19.5 Å². The van der Waals surface area contributed by atoms with Crippen LogP contribution in [0.2, 0.25) is 5.02 Å². The van der Waals surface area contributed by atoms with E-state index in [0.717, 1.165) is 5.56 Å². The predicted molar refractivity (Wildman–Crippen MR) is 98.2 cm³/mol. The molecule has 1 amide bonds. The summed E-state index contributed by atoms with van der Waals surface area (Å²) in [6.07, 6.45) is 2.98. The van der Waals surface area contributed by atoms with Gasteiger partial charge < -0.3 is 14.8 Å². The Morgan fingerprint density at radius 2 is 1.88 bits per heavy atom. The van der Waals surface area contributed by atoms with Crippen LogP contribution in [0.4, 0.5) is 5.69 Å². The molecule has 2 aromatic rings. The third kappa shape index (κ3) is 4.84. The second-order valence-corrected chi connectivity index (χ2v) is 5.67. The number of ether oxygens (including phenoxy) is 2. The molecular weight excluding hydrogens is 342 g/mol. The summed E-state index contributed by atoms with van der Waals surface area (Å²) in [5, 5.41) is 3.29. The third-order valence-electron chi connectivity index (χ3n) is 3.52. The quantitative estimate of drug-likeness (QED) is 0.645. The van der Waals surface area contributed by atoms with Crippen LogP contribution in [-0.2, 0) is 9.53 Å². The van der Waals surface area contributed by atoms with Gasteiger partial charge in [-0.1, -0.05) is 17.7 Å². The van der Waals surface area contributed by atoms with Gasteiger partial charge in [0.25, 0.3) is 0 Å². The zero-order valence-electron chi connectivity index (χ0n) is 14.1. The van der Waals surface area contributed by atoms with E-state index in [9.17, 15) is 9.59 Å². The summed E-state index contributed by atoms with van der Waals surface area (Å²) in [5.74, 6) is -0.195. The first-order valence-electron chi connectivity index (χ1n) is 7.46. The molecule has 0 bridgehead atoms. The molecular formula is C19H18ClNO4. The smallest absolute Gasteiger partial charge is 0.337 e. The number of amides is 1. The number of hydrogen-bond donors (Lipinski definition) is 1. The lowest BCUT2D eigenvalue weighted by Crippen LogP contribution is -2.10. The van der Waals surface area contributed by atoms with Crippen LogP contribution < -0.4 is 10.1 Å². The maximum Gasteiger partial charge on any atom is 0.337 e. The minimum Gasteiger partial charge on any atom is -0.496 e. The molecule has 0 aliphatic rings. The summed E-state index contributed by atoms with van der Waals surface area (Å²) in [4.78, 5) is 23.8. The van der Waals surface area contributed by atoms with Gasteiger partial charge in [-0.05, 0) is 48.9 Å². The monoisotopic (exact) mass is 359 g/mol. The molecule has 2 aromatic carbocycles. The highest BCUT2D eigenvalue weighted by Gasteiger charge is 2.09. The number of benzene rings is 2. The second-order valence-electron chi connectivity index (χ2n) is 5.23. The second kappa shape index (κ2) is 8.35. The van der Waals surface area contributed by atoms with Gasteiger partial charge in [0.1, 0.15) is 5.75 Å². The predicted octanol–water partition coefficient (Wildman–Crippen LogP) is 4.10. The summed E-state index contributed by atoms with van der Waals surface area (Å²) in [6.45, 7) is 1.83. The van der Waals surface area contributed by atoms with Gasteiger partial charge in [0.2, 0.25) is 5.91 Å². The van der Waals surface area contributed by atoms with Crippen LogP contribution in [-0.4, -0.2) is 26.1 Å². The number of halogens is 1. The minimum absolute atomic E-state index is 0.341. The van der Waals surface area contributed by atoms with Crippen LogP contribution in [0.5, 0.6) is 5.75 Å². The molecule has 130 valence electrons. The molecule has 6 heteroatoms. The summed E-state index contributed by atoms with van der Waals surface area (Å²) in [7, 11) is 2.85. The Morgan fingerprint density at radius 3 is 2.56 bits per heavy atom. The number of esters is 1. The van der Waals surface area contributed by atoms with Crippen LogP contribution in [0.3, 0.4) is 0 Å². The molecule has 0 heterocycles. The fourth-order valence-electron chi connectivity index (χ4n) is 2.18. The maximum absolute atomic E-state index is 12.2. The molecule has 0 saturated carbocycles. The summed E-state index contributed by atoms with van der Waals surface area (Å²) < 4.78 is 9.92. The lowest BCUT2D eigenvalue weighted by atomic mass is 10.1. The van der Waals surface area contributed by atoms with Gasteiger partial charge in [-0.2, -0.15) is 0 Å². The van der Waals surface area contributed by atoms with Gasteiger partial charge in [0.05, 0.1) is 19.8 Å². The van der Waals surface area contributed by atoms with E-state index in [4.69, 9.17) is 16.3 Å². The number of rotatable bonds is 5. The molecule has 5 nitrogen and oxygen atoms in total. The fraction of sp³-hybridized carbons (Fsp3) is 0.158. The Balaban J connectivity index is 2.18. The largest absolute Gasteiger partial charge is 0.496 e. The number of anilines is 1. The lowest BCUT2D eigenvalue weighted by Gasteiger charge is -2.09. The summed E-state index contributed by atoms with van der Waals surface area (Å²) >= 11 is 5.97. The topological polar surface area (TPSA) is 64.6 Å². The van der Waals surface area contributed by atoms with Crippen molar-refractivity contribution in [1.29, 1.82) is 0 Å². The molecule has 0 radical (unpaired) electrons. The van der Waals surface area contributed by atoms with Crippen LogP contribution >= 0.6 is 11.6 Å². The zero-order valence-corrected chi connectivity index (χ0v) is 14.9. The van der Waals surface area contributed by atoms with E-state index in [2.05, 4.69) is 10.1 Å². The molecule has 0 fully saturated rings. The van der Waals surface area contributed by atoms with Gasteiger partial charge in [-0.3, -0.25) is 4.79 Å². The van der Waals surface area contributed by atoms with Crippen LogP contribution in [0, 0.1) is 6.92 Å². The molecule has 0 aromatic heterocycles. The van der Waals surface area contributed by atoms with Crippen molar-refractivity contribution in [3.63, 3.8) is 0 Å². The standard InChI is InChI=1S/C19H18ClNO4/c1-12-4-5-14(19(23)25-3)11-16(12)21-18(22)9-6-13-10-15(20)7-8-17(13)24-2/h4-11H,1-3H3,(H,21,22)/b9-6+. The van der Waals surface area contributed by atoms with Gasteiger partial charge in [0.15, 0.2) is 0 Å². The van der Waals surface area contributed by atoms with E-state index in [1.54, 1.807) is 49.6 Å². The van der Waals surface area contributed by atoms with Crippen molar-refractivity contribution in [3.8, 4) is 5.75 Å². The van der Waals surface area contributed by atoms with E-state index in [-0.39, 0.29) is 5.91 Å². The van der Waals surface area contributed by atoms with E-state index in [0.29, 0.717) is 27.6 Å². The first kappa shape index (κ1) is 18.5. The highest BCUT2D eigenvalue weighted by Crippen LogP contribution is 2.24. The van der Waals surface area contributed by atoms with Gasteiger partial charge in [0, 0.05) is 22.3 Å². The lowest BCUT2D eigenvalue weighted by molar-refractivity contribution is -0.111. The number of aryl methyl sites for hydroxylation is 1. The Hall–Kier alpha value is -2.79. The molecule has 0 spiro atoms. The maximum atomic E-state index is 12.2. The van der Waals surface area contributed by atoms with Crippen molar-refractivity contribution in [3.05, 3.63) is 64.2 Å². The Kier molecular flexibility index (Phi) is 6.19. The molecule has 0 saturated heterocycles. The van der Waals surface area contributed by atoms with Crippen LogP contribution in [0.1, 0.15) is 21.5 Å². The molecule has 1 N–H and O–H groups in total. The van der Waals surface area contributed by atoms with E-state index in [1.807, 2.05) is 6.92 Å². The molecule has 0 atom stereocenters. The fourth-order valence-corrected chi connectivity index (χ4v) is 2.36. The Morgan fingerprint density at radius 1 is 1.12 bits per heavy atom.